The van der Waals surface area contributed by atoms with E-state index in [0.29, 0.717) is 0 Å². The molecule has 1 fully saturated rings. The van der Waals surface area contributed by atoms with Gasteiger partial charge in [0, 0.05) is 18.8 Å². The van der Waals surface area contributed by atoms with Crippen molar-refractivity contribution in [1.29, 1.82) is 0 Å². The first-order valence-corrected chi connectivity index (χ1v) is 7.10. The average molecular weight is 276 g/mol. The predicted octanol–water partition coefficient (Wildman–Crippen LogP) is 1.58. The van der Waals surface area contributed by atoms with Gasteiger partial charge in [0.05, 0.1) is 18.8 Å². The van der Waals surface area contributed by atoms with Crippen molar-refractivity contribution in [3.8, 4) is 0 Å². The van der Waals surface area contributed by atoms with Gasteiger partial charge in [-0.05, 0) is 45.1 Å². The molecule has 20 heavy (non-hydrogen) atoms. The molecule has 0 aliphatic carbocycles. The maximum Gasteiger partial charge on any atom is 0.140 e. The van der Waals surface area contributed by atoms with Crippen LogP contribution in [0.3, 0.4) is 0 Å². The maximum atomic E-state index is 11.3. The molecular formula is C16H24N2O2. The Hall–Kier alpha value is -1.39. The van der Waals surface area contributed by atoms with Crippen LogP contribution in [-0.4, -0.2) is 57.1 Å². The molecule has 1 aliphatic rings. The lowest BCUT2D eigenvalue weighted by Gasteiger charge is -2.31. The van der Waals surface area contributed by atoms with Crippen LogP contribution in [0.15, 0.2) is 24.3 Å². The lowest BCUT2D eigenvalue weighted by Crippen LogP contribution is -2.44. The minimum atomic E-state index is -0.444. The third kappa shape index (κ3) is 3.38. The van der Waals surface area contributed by atoms with Crippen LogP contribution in [0.25, 0.3) is 0 Å². The highest BCUT2D eigenvalue weighted by atomic mass is 16.5. The van der Waals surface area contributed by atoms with E-state index in [-0.39, 0.29) is 0 Å². The number of hydrogen-bond donors (Lipinski definition) is 0. The number of hydrogen-bond acceptors (Lipinski definition) is 4. The van der Waals surface area contributed by atoms with Crippen LogP contribution < -0.4 is 4.90 Å². The van der Waals surface area contributed by atoms with E-state index in [0.717, 1.165) is 39.0 Å². The lowest BCUT2D eigenvalue weighted by molar-refractivity contribution is -0.116. The standard InChI is InChI=1S/C16H24N2O2/c1-16(13-19,17(2)3)12-14-4-6-15(7-5-14)18-8-10-20-11-9-18/h4-7,13H,8-12H2,1-3H3. The number of aldehydes is 1. The van der Waals surface area contributed by atoms with Gasteiger partial charge in [-0.3, -0.25) is 4.90 Å². The molecule has 110 valence electrons. The van der Waals surface area contributed by atoms with Gasteiger partial charge in [0.15, 0.2) is 0 Å². The number of ether oxygens (including phenoxy) is 1. The van der Waals surface area contributed by atoms with E-state index >= 15 is 0 Å². The predicted molar refractivity (Wildman–Crippen MR) is 81.3 cm³/mol. The quantitative estimate of drug-likeness (QED) is 0.765. The summed E-state index contributed by atoms with van der Waals surface area (Å²) >= 11 is 0. The van der Waals surface area contributed by atoms with Crippen LogP contribution in [0, 0.1) is 0 Å². The van der Waals surface area contributed by atoms with Crippen molar-refractivity contribution in [3.05, 3.63) is 29.8 Å². The fourth-order valence-electron chi connectivity index (χ4n) is 2.36. The van der Waals surface area contributed by atoms with E-state index < -0.39 is 5.54 Å². The first-order chi connectivity index (χ1) is 9.55. The van der Waals surface area contributed by atoms with Crippen LogP contribution in [0.5, 0.6) is 0 Å². The zero-order chi connectivity index (χ0) is 14.6. The Balaban J connectivity index is 2.06. The summed E-state index contributed by atoms with van der Waals surface area (Å²) < 4.78 is 5.37. The third-order valence-electron chi connectivity index (χ3n) is 4.15. The average Bonchev–Trinajstić information content (AvgIpc) is 2.48. The molecule has 0 aromatic heterocycles. The molecule has 1 saturated heterocycles. The van der Waals surface area contributed by atoms with Crippen molar-refractivity contribution in [3.63, 3.8) is 0 Å². The van der Waals surface area contributed by atoms with E-state index in [9.17, 15) is 4.79 Å². The molecule has 1 atom stereocenters. The topological polar surface area (TPSA) is 32.8 Å². The molecule has 1 heterocycles. The van der Waals surface area contributed by atoms with Gasteiger partial charge >= 0.3 is 0 Å². The number of carbonyl (C=O) groups excluding carboxylic acids is 1. The van der Waals surface area contributed by atoms with Gasteiger partial charge in [0.2, 0.25) is 0 Å². The van der Waals surface area contributed by atoms with E-state index in [2.05, 4.69) is 29.2 Å². The van der Waals surface area contributed by atoms with Gasteiger partial charge in [-0.15, -0.1) is 0 Å². The van der Waals surface area contributed by atoms with E-state index in [1.54, 1.807) is 0 Å². The summed E-state index contributed by atoms with van der Waals surface area (Å²) in [4.78, 5) is 15.6. The Morgan fingerprint density at radius 2 is 1.85 bits per heavy atom. The Bertz CT molecular complexity index is 438. The van der Waals surface area contributed by atoms with Crippen LogP contribution in [0.2, 0.25) is 0 Å². The molecule has 0 amide bonds. The summed E-state index contributed by atoms with van der Waals surface area (Å²) in [6, 6.07) is 8.52. The summed E-state index contributed by atoms with van der Waals surface area (Å²) in [5.74, 6) is 0. The summed E-state index contributed by atoms with van der Waals surface area (Å²) in [6.45, 7) is 5.46. The van der Waals surface area contributed by atoms with Gasteiger partial charge < -0.3 is 14.4 Å². The summed E-state index contributed by atoms with van der Waals surface area (Å²) in [5.41, 5.74) is 1.97. The molecule has 1 aromatic rings. The zero-order valence-corrected chi connectivity index (χ0v) is 12.6. The molecule has 1 unspecified atom stereocenters. The Kier molecular flexibility index (Phi) is 4.78. The highest BCUT2D eigenvalue weighted by Crippen LogP contribution is 2.20. The van der Waals surface area contributed by atoms with Crippen LogP contribution >= 0.6 is 0 Å². The second kappa shape index (κ2) is 6.37. The van der Waals surface area contributed by atoms with Gasteiger partial charge in [0.1, 0.15) is 6.29 Å². The van der Waals surface area contributed by atoms with Crippen molar-refractivity contribution in [2.45, 2.75) is 18.9 Å². The smallest absolute Gasteiger partial charge is 0.140 e. The molecule has 1 aromatic carbocycles. The second-order valence-corrected chi connectivity index (χ2v) is 5.81. The Morgan fingerprint density at radius 3 is 2.35 bits per heavy atom. The Labute approximate surface area is 121 Å². The first-order valence-electron chi connectivity index (χ1n) is 7.10. The molecule has 0 saturated carbocycles. The number of rotatable bonds is 5. The fourth-order valence-corrected chi connectivity index (χ4v) is 2.36. The number of likely N-dealkylation sites (N-methyl/N-ethyl adjacent to an activating group) is 1. The molecule has 0 N–H and O–H groups in total. The largest absolute Gasteiger partial charge is 0.378 e. The number of morpholine rings is 1. The normalized spacial score (nSPS) is 18.9. The molecule has 2 rings (SSSR count). The number of carbonyl (C=O) groups is 1. The van der Waals surface area contributed by atoms with Gasteiger partial charge in [-0.1, -0.05) is 12.1 Å². The maximum absolute atomic E-state index is 11.3. The third-order valence-corrected chi connectivity index (χ3v) is 4.15. The molecule has 0 radical (unpaired) electrons. The number of nitrogens with zero attached hydrogens (tertiary/aromatic N) is 2. The molecular weight excluding hydrogens is 252 g/mol. The number of anilines is 1. The molecule has 4 heteroatoms. The van der Waals surface area contributed by atoms with Gasteiger partial charge in [0.25, 0.3) is 0 Å². The highest BCUT2D eigenvalue weighted by molar-refractivity contribution is 5.64. The van der Waals surface area contributed by atoms with Crippen LogP contribution in [0.1, 0.15) is 12.5 Å². The molecule has 4 nitrogen and oxygen atoms in total. The molecule has 1 aliphatic heterocycles. The lowest BCUT2D eigenvalue weighted by atomic mass is 9.93. The number of benzene rings is 1. The SMILES string of the molecule is CN(C)C(C)(C=O)Cc1ccc(N2CCOCC2)cc1. The van der Waals surface area contributed by atoms with E-state index in [1.807, 2.05) is 25.9 Å². The zero-order valence-electron chi connectivity index (χ0n) is 12.6. The minimum Gasteiger partial charge on any atom is -0.378 e. The van der Waals surface area contributed by atoms with Crippen molar-refractivity contribution >= 4 is 12.0 Å². The fraction of sp³-hybridized carbons (Fsp3) is 0.562. The van der Waals surface area contributed by atoms with Crippen molar-refractivity contribution in [2.24, 2.45) is 0 Å². The first kappa shape index (κ1) is 15.0. The minimum absolute atomic E-state index is 0.444. The van der Waals surface area contributed by atoms with Gasteiger partial charge in [-0.2, -0.15) is 0 Å². The molecule has 0 spiro atoms. The van der Waals surface area contributed by atoms with Gasteiger partial charge in [-0.25, -0.2) is 0 Å². The second-order valence-electron chi connectivity index (χ2n) is 5.81. The van der Waals surface area contributed by atoms with Crippen molar-refractivity contribution in [2.75, 3.05) is 45.3 Å². The molecule has 0 bridgehead atoms. The summed E-state index contributed by atoms with van der Waals surface area (Å²) in [5, 5.41) is 0. The summed E-state index contributed by atoms with van der Waals surface area (Å²) in [6.07, 6.45) is 1.76. The van der Waals surface area contributed by atoms with Crippen LogP contribution in [-0.2, 0) is 16.0 Å². The van der Waals surface area contributed by atoms with Crippen LogP contribution in [0.4, 0.5) is 5.69 Å². The monoisotopic (exact) mass is 276 g/mol. The summed E-state index contributed by atoms with van der Waals surface area (Å²) in [7, 11) is 3.88. The van der Waals surface area contributed by atoms with Crippen molar-refractivity contribution < 1.29 is 9.53 Å². The van der Waals surface area contributed by atoms with E-state index in [1.165, 1.54) is 11.3 Å². The highest BCUT2D eigenvalue weighted by Gasteiger charge is 2.26. The van der Waals surface area contributed by atoms with Crippen molar-refractivity contribution in [1.82, 2.24) is 4.90 Å². The Morgan fingerprint density at radius 1 is 1.25 bits per heavy atom. The van der Waals surface area contributed by atoms with E-state index in [4.69, 9.17) is 4.74 Å².